The zero-order valence-corrected chi connectivity index (χ0v) is 19.1. The van der Waals surface area contributed by atoms with Crippen LogP contribution in [0.5, 0.6) is 0 Å². The number of piperazine rings is 1. The van der Waals surface area contributed by atoms with Crippen molar-refractivity contribution in [3.8, 4) is 11.3 Å². The number of nitrogens with one attached hydrogen (secondary N) is 1. The highest BCUT2D eigenvalue weighted by molar-refractivity contribution is 6.31. The SMILES string of the molecule is O=C(c1cc(-c2ccncc2)n[nH]1)N1CCN(C(=O)C2CC(=O)N(c3cccc(Cl)c3)C2)CC1. The minimum absolute atomic E-state index is 0.0495. The van der Waals surface area contributed by atoms with Gasteiger partial charge in [0.05, 0.1) is 11.6 Å². The van der Waals surface area contributed by atoms with Gasteiger partial charge in [0.2, 0.25) is 11.8 Å². The maximum absolute atomic E-state index is 13.1. The van der Waals surface area contributed by atoms with Crippen molar-refractivity contribution in [2.75, 3.05) is 37.6 Å². The minimum atomic E-state index is -0.399. The van der Waals surface area contributed by atoms with Gasteiger partial charge in [0.15, 0.2) is 0 Å². The Bertz CT molecular complexity index is 1220. The number of H-pyrrole nitrogens is 1. The normalized spacial score (nSPS) is 18.4. The van der Waals surface area contributed by atoms with E-state index in [0.29, 0.717) is 54.8 Å². The third kappa shape index (κ3) is 4.38. The van der Waals surface area contributed by atoms with Gasteiger partial charge in [-0.1, -0.05) is 17.7 Å². The monoisotopic (exact) mass is 478 g/mol. The Morgan fingerprint density at radius 2 is 1.74 bits per heavy atom. The second-order valence-electron chi connectivity index (χ2n) is 8.41. The second-order valence-corrected chi connectivity index (χ2v) is 8.84. The molecule has 0 aliphatic carbocycles. The molecule has 5 rings (SSSR count). The topological polar surface area (TPSA) is 102 Å². The van der Waals surface area contributed by atoms with Gasteiger partial charge in [-0.2, -0.15) is 5.10 Å². The molecule has 4 heterocycles. The largest absolute Gasteiger partial charge is 0.339 e. The maximum atomic E-state index is 13.1. The van der Waals surface area contributed by atoms with E-state index in [9.17, 15) is 14.4 Å². The van der Waals surface area contributed by atoms with Gasteiger partial charge in [-0.3, -0.25) is 24.5 Å². The molecule has 9 nitrogen and oxygen atoms in total. The van der Waals surface area contributed by atoms with Gasteiger partial charge in [0.1, 0.15) is 5.69 Å². The van der Waals surface area contributed by atoms with Gasteiger partial charge in [0.25, 0.3) is 5.91 Å². The lowest BCUT2D eigenvalue weighted by molar-refractivity contribution is -0.137. The lowest BCUT2D eigenvalue weighted by Gasteiger charge is -2.35. The van der Waals surface area contributed by atoms with Crippen molar-refractivity contribution >= 4 is 35.0 Å². The van der Waals surface area contributed by atoms with E-state index in [-0.39, 0.29) is 24.1 Å². The Kier molecular flexibility index (Phi) is 6.02. The molecule has 2 aliphatic rings. The van der Waals surface area contributed by atoms with Gasteiger partial charge in [-0.15, -0.1) is 0 Å². The number of hydrogen-bond donors (Lipinski definition) is 1. The Morgan fingerprint density at radius 3 is 2.47 bits per heavy atom. The lowest BCUT2D eigenvalue weighted by Crippen LogP contribution is -2.52. The summed E-state index contributed by atoms with van der Waals surface area (Å²) in [6.07, 6.45) is 3.53. The first-order valence-corrected chi connectivity index (χ1v) is 11.5. The summed E-state index contributed by atoms with van der Waals surface area (Å²) in [5.41, 5.74) is 2.66. The number of pyridine rings is 1. The number of hydrogen-bond acceptors (Lipinski definition) is 5. The predicted octanol–water partition coefficient (Wildman–Crippen LogP) is 2.46. The molecule has 2 aliphatic heterocycles. The van der Waals surface area contributed by atoms with Crippen LogP contribution in [0.2, 0.25) is 5.02 Å². The van der Waals surface area contributed by atoms with Crippen LogP contribution in [0.3, 0.4) is 0 Å². The van der Waals surface area contributed by atoms with Crippen molar-refractivity contribution in [3.05, 3.63) is 65.6 Å². The molecule has 10 heteroatoms. The van der Waals surface area contributed by atoms with Crippen LogP contribution in [0.4, 0.5) is 5.69 Å². The van der Waals surface area contributed by atoms with Crippen LogP contribution in [-0.2, 0) is 9.59 Å². The summed E-state index contributed by atoms with van der Waals surface area (Å²) in [5, 5.41) is 7.59. The summed E-state index contributed by atoms with van der Waals surface area (Å²) < 4.78 is 0. The average molecular weight is 479 g/mol. The first-order valence-electron chi connectivity index (χ1n) is 11.1. The molecule has 1 atom stereocenters. The fourth-order valence-electron chi connectivity index (χ4n) is 4.43. The molecule has 2 aromatic heterocycles. The number of nitrogens with zero attached hydrogens (tertiary/aromatic N) is 5. The van der Waals surface area contributed by atoms with E-state index in [0.717, 1.165) is 5.56 Å². The van der Waals surface area contributed by atoms with Crippen LogP contribution in [-0.4, -0.2) is 75.4 Å². The standard InChI is InChI=1S/C24H23ClN6O3/c25-18-2-1-3-19(13-18)31-15-17(12-22(31)32)23(33)29-8-10-30(11-9-29)24(34)21-14-20(27-28-21)16-4-6-26-7-5-16/h1-7,13-14,17H,8-12,15H2,(H,27,28). The highest BCUT2D eigenvalue weighted by Crippen LogP contribution is 2.28. The van der Waals surface area contributed by atoms with E-state index >= 15 is 0 Å². The molecule has 1 N–H and O–H groups in total. The lowest BCUT2D eigenvalue weighted by atomic mass is 10.1. The molecular weight excluding hydrogens is 456 g/mol. The van der Waals surface area contributed by atoms with Crippen LogP contribution in [0.1, 0.15) is 16.9 Å². The Hall–Kier alpha value is -3.72. The van der Waals surface area contributed by atoms with E-state index in [1.807, 2.05) is 18.2 Å². The first-order chi connectivity index (χ1) is 16.5. The van der Waals surface area contributed by atoms with Gasteiger partial charge >= 0.3 is 0 Å². The van der Waals surface area contributed by atoms with E-state index in [1.54, 1.807) is 51.4 Å². The number of rotatable bonds is 4. The summed E-state index contributed by atoms with van der Waals surface area (Å²) >= 11 is 6.05. The fraction of sp³-hybridized carbons (Fsp3) is 0.292. The van der Waals surface area contributed by atoms with Crippen molar-refractivity contribution in [3.63, 3.8) is 0 Å². The number of anilines is 1. The molecular formula is C24H23ClN6O3. The fourth-order valence-corrected chi connectivity index (χ4v) is 4.61. The molecule has 0 bridgehead atoms. The molecule has 1 unspecified atom stereocenters. The van der Waals surface area contributed by atoms with Crippen molar-refractivity contribution in [2.24, 2.45) is 5.92 Å². The van der Waals surface area contributed by atoms with Crippen LogP contribution < -0.4 is 4.90 Å². The molecule has 0 saturated carbocycles. The highest BCUT2D eigenvalue weighted by Gasteiger charge is 2.38. The van der Waals surface area contributed by atoms with Gasteiger partial charge in [-0.05, 0) is 36.4 Å². The second kappa shape index (κ2) is 9.26. The van der Waals surface area contributed by atoms with E-state index < -0.39 is 5.92 Å². The van der Waals surface area contributed by atoms with E-state index in [1.165, 1.54) is 0 Å². The van der Waals surface area contributed by atoms with Crippen LogP contribution in [0.15, 0.2) is 54.9 Å². The summed E-state index contributed by atoms with van der Waals surface area (Å²) in [6.45, 7) is 2.04. The predicted molar refractivity (Wildman–Crippen MR) is 126 cm³/mol. The molecule has 0 radical (unpaired) electrons. The molecule has 34 heavy (non-hydrogen) atoms. The van der Waals surface area contributed by atoms with Gasteiger partial charge in [-0.25, -0.2) is 0 Å². The highest BCUT2D eigenvalue weighted by atomic mass is 35.5. The summed E-state index contributed by atoms with van der Waals surface area (Å²) in [6, 6.07) is 12.5. The summed E-state index contributed by atoms with van der Waals surface area (Å²) in [7, 11) is 0. The summed E-state index contributed by atoms with van der Waals surface area (Å²) in [5.74, 6) is -0.683. The zero-order chi connectivity index (χ0) is 23.7. The quantitative estimate of drug-likeness (QED) is 0.620. The minimum Gasteiger partial charge on any atom is -0.339 e. The molecule has 3 amide bonds. The van der Waals surface area contributed by atoms with Crippen LogP contribution >= 0.6 is 11.6 Å². The van der Waals surface area contributed by atoms with Crippen molar-refractivity contribution in [1.82, 2.24) is 25.0 Å². The number of amides is 3. The Labute approximate surface area is 201 Å². The third-order valence-corrected chi connectivity index (χ3v) is 6.49. The molecule has 2 fully saturated rings. The zero-order valence-electron chi connectivity index (χ0n) is 18.4. The van der Waals surface area contributed by atoms with E-state index in [2.05, 4.69) is 15.2 Å². The molecule has 0 spiro atoms. The van der Waals surface area contributed by atoms with Crippen molar-refractivity contribution in [1.29, 1.82) is 0 Å². The molecule has 174 valence electrons. The van der Waals surface area contributed by atoms with Gasteiger partial charge < -0.3 is 14.7 Å². The summed E-state index contributed by atoms with van der Waals surface area (Å²) in [4.78, 5) is 47.6. The first kappa shape index (κ1) is 22.1. The van der Waals surface area contributed by atoms with Crippen molar-refractivity contribution in [2.45, 2.75) is 6.42 Å². The van der Waals surface area contributed by atoms with Crippen molar-refractivity contribution < 1.29 is 14.4 Å². The van der Waals surface area contributed by atoms with E-state index in [4.69, 9.17) is 11.6 Å². The Morgan fingerprint density at radius 1 is 1.00 bits per heavy atom. The van der Waals surface area contributed by atoms with Crippen LogP contribution in [0.25, 0.3) is 11.3 Å². The van der Waals surface area contributed by atoms with Gasteiger partial charge in [0, 0.05) is 67.8 Å². The Balaban J connectivity index is 1.18. The average Bonchev–Trinajstić information content (AvgIpc) is 3.51. The van der Waals surface area contributed by atoms with Crippen LogP contribution in [0, 0.1) is 5.92 Å². The number of aromatic amines is 1. The number of carbonyl (C=O) groups excluding carboxylic acids is 3. The molecule has 1 aromatic carbocycles. The smallest absolute Gasteiger partial charge is 0.272 e. The molecule has 2 saturated heterocycles. The third-order valence-electron chi connectivity index (χ3n) is 6.26. The number of halogens is 1. The number of carbonyl (C=O) groups is 3. The number of aromatic nitrogens is 3. The maximum Gasteiger partial charge on any atom is 0.272 e. The molecule has 3 aromatic rings. The number of benzene rings is 1.